The highest BCUT2D eigenvalue weighted by atomic mass is 32.2. The van der Waals surface area contributed by atoms with Crippen LogP contribution < -0.4 is 4.90 Å². The van der Waals surface area contributed by atoms with Crippen LogP contribution in [0, 0.1) is 13.8 Å². The minimum atomic E-state index is 0.684. The lowest BCUT2D eigenvalue weighted by molar-refractivity contribution is 0.186. The van der Waals surface area contributed by atoms with Gasteiger partial charge in [-0.1, -0.05) is 41.5 Å². The second-order valence-electron chi connectivity index (χ2n) is 8.28. The molecule has 0 unspecified atom stereocenters. The first kappa shape index (κ1) is 16.7. The molecule has 0 aromatic heterocycles. The number of rotatable bonds is 2. The Morgan fingerprint density at radius 3 is 2.77 bits per heavy atom. The summed E-state index contributed by atoms with van der Waals surface area (Å²) in [6, 6.07) is 14.8. The minimum Gasteiger partial charge on any atom is -0.367 e. The highest BCUT2D eigenvalue weighted by Gasteiger charge is 2.43. The Bertz CT molecular complexity index is 811. The van der Waals surface area contributed by atoms with E-state index in [-0.39, 0.29) is 0 Å². The van der Waals surface area contributed by atoms with Crippen molar-refractivity contribution in [2.75, 3.05) is 30.3 Å². The molecule has 0 bridgehead atoms. The lowest BCUT2D eigenvalue weighted by Crippen LogP contribution is -2.46. The number of anilines is 1. The molecule has 2 nitrogen and oxygen atoms in total. The lowest BCUT2D eigenvalue weighted by Gasteiger charge is -2.39. The summed E-state index contributed by atoms with van der Waals surface area (Å²) < 4.78 is 0. The molecule has 2 aromatic rings. The van der Waals surface area contributed by atoms with Crippen LogP contribution in [0.3, 0.4) is 0 Å². The van der Waals surface area contributed by atoms with Gasteiger partial charge in [0.15, 0.2) is 0 Å². The fourth-order valence-corrected chi connectivity index (χ4v) is 6.41. The molecule has 3 aliphatic heterocycles. The molecule has 0 N–H and O–H groups in total. The molecule has 0 spiro atoms. The molecule has 0 aliphatic carbocycles. The fourth-order valence-electron chi connectivity index (χ4n) is 5.37. The summed E-state index contributed by atoms with van der Waals surface area (Å²) in [5.41, 5.74) is 7.44. The summed E-state index contributed by atoms with van der Waals surface area (Å²) >= 11 is 2.06. The van der Waals surface area contributed by atoms with E-state index in [0.717, 1.165) is 12.6 Å². The number of fused-ring (bicyclic) bond motifs is 3. The standard InChI is InChI=1S/C23H28N2S/c1-16-11-17(2)13-18(12-16)14-24-9-7-21-20(15-24)19-5-3-6-22-23(19)25(21)8-4-10-26-22/h3,5-6,11-13,20-21H,4,7-10,14-15H2,1-2H3/t20-,21-/m1/s1. The van der Waals surface area contributed by atoms with Gasteiger partial charge in [0.25, 0.3) is 0 Å². The second kappa shape index (κ2) is 6.61. The maximum absolute atomic E-state index is 2.77. The minimum absolute atomic E-state index is 0.684. The van der Waals surface area contributed by atoms with Crippen LogP contribution in [-0.4, -0.2) is 36.3 Å². The van der Waals surface area contributed by atoms with Gasteiger partial charge in [0.05, 0.1) is 5.69 Å². The van der Waals surface area contributed by atoms with Gasteiger partial charge >= 0.3 is 0 Å². The van der Waals surface area contributed by atoms with Crippen LogP contribution in [0.1, 0.15) is 41.0 Å². The summed E-state index contributed by atoms with van der Waals surface area (Å²) in [6.07, 6.45) is 2.61. The van der Waals surface area contributed by atoms with Crippen molar-refractivity contribution in [1.29, 1.82) is 0 Å². The van der Waals surface area contributed by atoms with E-state index < -0.39 is 0 Å². The summed E-state index contributed by atoms with van der Waals surface area (Å²) in [4.78, 5) is 6.98. The average Bonchev–Trinajstić information content (AvgIpc) is 2.77. The first-order chi connectivity index (χ1) is 12.7. The first-order valence-electron chi connectivity index (χ1n) is 10.0. The van der Waals surface area contributed by atoms with Gasteiger partial charge in [-0.2, -0.15) is 0 Å². The average molecular weight is 365 g/mol. The highest BCUT2D eigenvalue weighted by molar-refractivity contribution is 7.99. The van der Waals surface area contributed by atoms with E-state index in [2.05, 4.69) is 71.8 Å². The van der Waals surface area contributed by atoms with Gasteiger partial charge in [-0.05, 0) is 49.6 Å². The zero-order valence-electron chi connectivity index (χ0n) is 15.9. The fraction of sp³-hybridized carbons (Fsp3) is 0.478. The van der Waals surface area contributed by atoms with E-state index in [0.29, 0.717) is 5.92 Å². The van der Waals surface area contributed by atoms with Gasteiger partial charge in [-0.3, -0.25) is 4.90 Å². The smallest absolute Gasteiger partial charge is 0.0543 e. The molecule has 3 heterocycles. The number of hydrogen-bond donors (Lipinski definition) is 0. The Balaban J connectivity index is 1.41. The summed E-state index contributed by atoms with van der Waals surface area (Å²) in [5.74, 6) is 1.95. The monoisotopic (exact) mass is 364 g/mol. The number of hydrogen-bond acceptors (Lipinski definition) is 3. The molecule has 26 heavy (non-hydrogen) atoms. The quantitative estimate of drug-likeness (QED) is 0.742. The van der Waals surface area contributed by atoms with Crippen molar-refractivity contribution in [1.82, 2.24) is 4.90 Å². The Hall–Kier alpha value is -1.45. The Labute approximate surface area is 161 Å². The number of aryl methyl sites for hydroxylation is 2. The van der Waals surface area contributed by atoms with Crippen molar-refractivity contribution in [3.8, 4) is 0 Å². The molecule has 0 amide bonds. The largest absolute Gasteiger partial charge is 0.367 e. The second-order valence-corrected chi connectivity index (χ2v) is 9.42. The molecule has 136 valence electrons. The van der Waals surface area contributed by atoms with Crippen molar-refractivity contribution in [2.45, 2.75) is 50.1 Å². The zero-order valence-corrected chi connectivity index (χ0v) is 16.7. The van der Waals surface area contributed by atoms with Crippen LogP contribution in [0.4, 0.5) is 5.69 Å². The summed E-state index contributed by atoms with van der Waals surface area (Å²) in [6.45, 7) is 9.19. The maximum atomic E-state index is 2.77. The molecule has 2 atom stereocenters. The van der Waals surface area contributed by atoms with Gasteiger partial charge in [-0.25, -0.2) is 0 Å². The predicted molar refractivity (Wildman–Crippen MR) is 111 cm³/mol. The lowest BCUT2D eigenvalue weighted by atomic mass is 9.88. The van der Waals surface area contributed by atoms with E-state index in [4.69, 9.17) is 0 Å². The van der Waals surface area contributed by atoms with E-state index in [1.54, 1.807) is 11.3 Å². The summed E-state index contributed by atoms with van der Waals surface area (Å²) in [7, 11) is 0. The molecular formula is C23H28N2S. The van der Waals surface area contributed by atoms with Crippen LogP contribution in [0.15, 0.2) is 41.3 Å². The van der Waals surface area contributed by atoms with Crippen molar-refractivity contribution >= 4 is 17.4 Å². The van der Waals surface area contributed by atoms with Crippen LogP contribution in [-0.2, 0) is 6.54 Å². The molecule has 0 radical (unpaired) electrons. The van der Waals surface area contributed by atoms with E-state index in [1.165, 1.54) is 59.8 Å². The number of benzene rings is 2. The molecule has 1 fully saturated rings. The number of para-hydroxylation sites is 1. The van der Waals surface area contributed by atoms with Crippen LogP contribution >= 0.6 is 11.8 Å². The number of piperidine rings is 1. The topological polar surface area (TPSA) is 6.48 Å². The molecular weight excluding hydrogens is 336 g/mol. The SMILES string of the molecule is Cc1cc(C)cc(CN2CC[C@@H]3[C@H](C2)c2cccc4c2N3CCCS4)c1. The Morgan fingerprint density at radius 2 is 1.92 bits per heavy atom. The van der Waals surface area contributed by atoms with Crippen LogP contribution in [0.5, 0.6) is 0 Å². The third-order valence-corrected chi connectivity index (χ3v) is 7.40. The van der Waals surface area contributed by atoms with Gasteiger partial charge < -0.3 is 4.90 Å². The zero-order chi connectivity index (χ0) is 17.7. The van der Waals surface area contributed by atoms with Crippen LogP contribution in [0.25, 0.3) is 0 Å². The normalized spacial score (nSPS) is 24.9. The molecule has 0 saturated carbocycles. The molecule has 3 aliphatic rings. The third-order valence-electron chi connectivity index (χ3n) is 6.27. The van der Waals surface area contributed by atoms with E-state index >= 15 is 0 Å². The van der Waals surface area contributed by atoms with Crippen molar-refractivity contribution < 1.29 is 0 Å². The highest BCUT2D eigenvalue weighted by Crippen LogP contribution is 2.50. The first-order valence-corrected chi connectivity index (χ1v) is 11.0. The Kier molecular flexibility index (Phi) is 4.25. The molecule has 1 saturated heterocycles. The summed E-state index contributed by atoms with van der Waals surface area (Å²) in [5, 5.41) is 0. The van der Waals surface area contributed by atoms with Gasteiger partial charge in [-0.15, -0.1) is 11.8 Å². The number of likely N-dealkylation sites (tertiary alicyclic amines) is 1. The van der Waals surface area contributed by atoms with Gasteiger partial charge in [0.1, 0.15) is 0 Å². The molecule has 5 rings (SSSR count). The van der Waals surface area contributed by atoms with Crippen molar-refractivity contribution in [3.63, 3.8) is 0 Å². The van der Waals surface area contributed by atoms with Crippen LogP contribution in [0.2, 0.25) is 0 Å². The van der Waals surface area contributed by atoms with Gasteiger partial charge in [0, 0.05) is 43.0 Å². The molecule has 2 aromatic carbocycles. The van der Waals surface area contributed by atoms with E-state index in [1.807, 2.05) is 0 Å². The third kappa shape index (κ3) is 2.86. The van der Waals surface area contributed by atoms with Gasteiger partial charge in [0.2, 0.25) is 0 Å². The molecule has 3 heteroatoms. The van der Waals surface area contributed by atoms with Crippen molar-refractivity contribution in [2.24, 2.45) is 0 Å². The van der Waals surface area contributed by atoms with E-state index in [9.17, 15) is 0 Å². The van der Waals surface area contributed by atoms with Crippen molar-refractivity contribution in [3.05, 3.63) is 58.7 Å². The number of thioether (sulfide) groups is 1. The number of nitrogens with zero attached hydrogens (tertiary/aromatic N) is 2. The Morgan fingerprint density at radius 1 is 1.08 bits per heavy atom. The maximum Gasteiger partial charge on any atom is 0.0543 e. The predicted octanol–water partition coefficient (Wildman–Crippen LogP) is 4.98.